The van der Waals surface area contributed by atoms with Crippen LogP contribution in [0.15, 0.2) is 65.3 Å². The molecule has 0 aliphatic carbocycles. The van der Waals surface area contributed by atoms with Gasteiger partial charge in [0.2, 0.25) is 0 Å². The molecular formula is C21H16BrF3N4O3. The van der Waals surface area contributed by atoms with E-state index in [-0.39, 0.29) is 17.3 Å². The number of halogens is 4. The molecule has 0 unspecified atom stereocenters. The van der Waals surface area contributed by atoms with Crippen LogP contribution in [0.1, 0.15) is 10.5 Å². The summed E-state index contributed by atoms with van der Waals surface area (Å²) in [6.07, 6.45) is -3.35. The zero-order chi connectivity index (χ0) is 23.3. The molecular weight excluding hydrogens is 493 g/mol. The third kappa shape index (κ3) is 6.20. The average Bonchev–Trinajstić information content (AvgIpc) is 2.75. The Bertz CT molecular complexity index is 1120. The Morgan fingerprint density at radius 3 is 2.25 bits per heavy atom. The van der Waals surface area contributed by atoms with Crippen LogP contribution in [0.25, 0.3) is 11.1 Å². The zero-order valence-corrected chi connectivity index (χ0v) is 18.0. The highest BCUT2D eigenvalue weighted by atomic mass is 79.9. The molecule has 1 heterocycles. The van der Waals surface area contributed by atoms with Crippen LogP contribution >= 0.6 is 15.9 Å². The SMILES string of the molecule is CNC(=O)c1ccc(-c2ccc(NC(=O)Nc3cc(Br)ccc3OC(F)(F)F)cc2)cn1. The molecule has 11 heteroatoms. The lowest BCUT2D eigenvalue weighted by atomic mass is 10.1. The minimum absolute atomic E-state index is 0.159. The van der Waals surface area contributed by atoms with Crippen LogP contribution in [0.5, 0.6) is 5.75 Å². The van der Waals surface area contributed by atoms with E-state index < -0.39 is 18.1 Å². The van der Waals surface area contributed by atoms with Crippen molar-refractivity contribution in [1.29, 1.82) is 0 Å². The summed E-state index contributed by atoms with van der Waals surface area (Å²) in [6, 6.07) is 13.0. The molecule has 0 saturated heterocycles. The molecule has 2 aromatic carbocycles. The number of nitrogens with one attached hydrogen (secondary N) is 3. The van der Waals surface area contributed by atoms with Crippen molar-refractivity contribution in [2.45, 2.75) is 6.36 Å². The molecule has 3 amide bonds. The second-order valence-corrected chi connectivity index (χ2v) is 7.27. The second-order valence-electron chi connectivity index (χ2n) is 6.36. The number of nitrogens with zero attached hydrogens (tertiary/aromatic N) is 1. The van der Waals surface area contributed by atoms with Gasteiger partial charge >= 0.3 is 12.4 Å². The Balaban J connectivity index is 1.68. The topological polar surface area (TPSA) is 92.4 Å². The Labute approximate surface area is 189 Å². The van der Waals surface area contributed by atoms with Gasteiger partial charge in [-0.1, -0.05) is 34.1 Å². The summed E-state index contributed by atoms with van der Waals surface area (Å²) in [5.41, 5.74) is 2.09. The number of carbonyl (C=O) groups excluding carboxylic acids is 2. The van der Waals surface area contributed by atoms with Crippen molar-refractivity contribution in [2.24, 2.45) is 0 Å². The number of pyridine rings is 1. The molecule has 0 atom stereocenters. The molecule has 3 rings (SSSR count). The summed E-state index contributed by atoms with van der Waals surface area (Å²) in [5.74, 6) is -0.838. The van der Waals surface area contributed by atoms with E-state index in [9.17, 15) is 22.8 Å². The standard InChI is InChI=1S/C21H16BrF3N4O3/c1-26-19(30)16-8-4-13(11-27-16)12-2-6-15(7-3-12)28-20(31)29-17-10-14(22)5-9-18(17)32-21(23,24)25/h2-11H,1H3,(H,26,30)(H2,28,29,31). The molecule has 0 spiro atoms. The Morgan fingerprint density at radius 2 is 1.66 bits per heavy atom. The summed E-state index contributed by atoms with van der Waals surface area (Å²) in [7, 11) is 1.51. The lowest BCUT2D eigenvalue weighted by Gasteiger charge is -2.15. The molecule has 7 nitrogen and oxygen atoms in total. The summed E-state index contributed by atoms with van der Waals surface area (Å²) >= 11 is 3.14. The quantitative estimate of drug-likeness (QED) is 0.429. The van der Waals surface area contributed by atoms with Crippen LogP contribution in [-0.2, 0) is 0 Å². The number of rotatable bonds is 5. The van der Waals surface area contributed by atoms with Gasteiger partial charge in [-0.3, -0.25) is 9.78 Å². The van der Waals surface area contributed by atoms with Crippen molar-refractivity contribution in [2.75, 3.05) is 17.7 Å². The average molecular weight is 509 g/mol. The highest BCUT2D eigenvalue weighted by Gasteiger charge is 2.32. The number of aromatic nitrogens is 1. The molecule has 0 aliphatic heterocycles. The molecule has 3 aromatic rings. The number of hydrogen-bond acceptors (Lipinski definition) is 4. The predicted octanol–water partition coefficient (Wildman–Crippen LogP) is 5.41. The minimum atomic E-state index is -4.90. The fourth-order valence-corrected chi connectivity index (χ4v) is 3.03. The molecule has 3 N–H and O–H groups in total. The van der Waals surface area contributed by atoms with E-state index >= 15 is 0 Å². The summed E-state index contributed by atoms with van der Waals surface area (Å²) in [5, 5.41) is 7.36. The Hall–Kier alpha value is -3.60. The second kappa shape index (κ2) is 9.69. The van der Waals surface area contributed by atoms with Gasteiger partial charge in [0.15, 0.2) is 5.75 Å². The molecule has 1 aromatic heterocycles. The monoisotopic (exact) mass is 508 g/mol. The van der Waals surface area contributed by atoms with Gasteiger partial charge < -0.3 is 20.7 Å². The first-order valence-electron chi connectivity index (χ1n) is 9.06. The van der Waals surface area contributed by atoms with Crippen LogP contribution in [0.4, 0.5) is 29.3 Å². The Kier molecular flexibility index (Phi) is 6.98. The smallest absolute Gasteiger partial charge is 0.404 e. The van der Waals surface area contributed by atoms with Gasteiger partial charge in [0.1, 0.15) is 5.69 Å². The van der Waals surface area contributed by atoms with E-state index in [4.69, 9.17) is 0 Å². The van der Waals surface area contributed by atoms with E-state index in [0.29, 0.717) is 10.2 Å². The maximum absolute atomic E-state index is 12.6. The van der Waals surface area contributed by atoms with Gasteiger partial charge in [0, 0.05) is 29.0 Å². The number of hydrogen-bond donors (Lipinski definition) is 3. The van der Waals surface area contributed by atoms with E-state index in [1.807, 2.05) is 0 Å². The van der Waals surface area contributed by atoms with Crippen LogP contribution in [0.2, 0.25) is 0 Å². The minimum Gasteiger partial charge on any atom is -0.404 e. The first-order valence-corrected chi connectivity index (χ1v) is 9.86. The number of benzene rings is 2. The first kappa shape index (κ1) is 23.1. The van der Waals surface area contributed by atoms with Gasteiger partial charge in [-0.25, -0.2) is 4.79 Å². The molecule has 0 radical (unpaired) electrons. The maximum atomic E-state index is 12.6. The van der Waals surface area contributed by atoms with Crippen LogP contribution < -0.4 is 20.7 Å². The number of carbonyl (C=O) groups is 2. The Morgan fingerprint density at radius 1 is 0.969 bits per heavy atom. The first-order chi connectivity index (χ1) is 15.1. The molecule has 0 saturated carbocycles. The summed E-state index contributed by atoms with van der Waals surface area (Å²) in [4.78, 5) is 27.9. The third-order valence-corrected chi connectivity index (χ3v) is 4.61. The summed E-state index contributed by atoms with van der Waals surface area (Å²) in [6.45, 7) is 0. The van der Waals surface area contributed by atoms with Gasteiger partial charge in [-0.2, -0.15) is 0 Å². The zero-order valence-electron chi connectivity index (χ0n) is 16.5. The number of urea groups is 1. The number of ether oxygens (including phenoxy) is 1. The third-order valence-electron chi connectivity index (χ3n) is 4.11. The lowest BCUT2D eigenvalue weighted by Crippen LogP contribution is -2.22. The van der Waals surface area contributed by atoms with E-state index in [1.54, 1.807) is 42.6 Å². The van der Waals surface area contributed by atoms with Crippen LogP contribution in [0.3, 0.4) is 0 Å². The van der Waals surface area contributed by atoms with E-state index in [0.717, 1.165) is 17.2 Å². The van der Waals surface area contributed by atoms with Crippen LogP contribution in [-0.4, -0.2) is 30.3 Å². The number of anilines is 2. The number of amides is 3. The predicted molar refractivity (Wildman–Crippen MR) is 117 cm³/mol. The highest BCUT2D eigenvalue weighted by Crippen LogP contribution is 2.33. The molecule has 32 heavy (non-hydrogen) atoms. The molecule has 0 fully saturated rings. The highest BCUT2D eigenvalue weighted by molar-refractivity contribution is 9.10. The van der Waals surface area contributed by atoms with Crippen molar-refractivity contribution in [3.63, 3.8) is 0 Å². The summed E-state index contributed by atoms with van der Waals surface area (Å²) < 4.78 is 42.1. The molecule has 166 valence electrons. The lowest BCUT2D eigenvalue weighted by molar-refractivity contribution is -0.274. The van der Waals surface area contributed by atoms with Gasteiger partial charge in [0.05, 0.1) is 5.69 Å². The number of alkyl halides is 3. The van der Waals surface area contributed by atoms with Crippen molar-refractivity contribution < 1.29 is 27.5 Å². The maximum Gasteiger partial charge on any atom is 0.573 e. The molecule has 0 bridgehead atoms. The van der Waals surface area contributed by atoms with Gasteiger partial charge in [-0.15, -0.1) is 13.2 Å². The van der Waals surface area contributed by atoms with Gasteiger partial charge in [-0.05, 0) is 42.0 Å². The fraction of sp³-hybridized carbons (Fsp3) is 0.0952. The van der Waals surface area contributed by atoms with Crippen molar-refractivity contribution in [3.8, 4) is 16.9 Å². The van der Waals surface area contributed by atoms with Gasteiger partial charge in [0.25, 0.3) is 5.91 Å². The van der Waals surface area contributed by atoms with E-state index in [1.165, 1.54) is 19.2 Å². The largest absolute Gasteiger partial charge is 0.573 e. The van der Waals surface area contributed by atoms with Crippen molar-refractivity contribution in [1.82, 2.24) is 10.3 Å². The van der Waals surface area contributed by atoms with Crippen molar-refractivity contribution >= 4 is 39.2 Å². The van der Waals surface area contributed by atoms with E-state index in [2.05, 4.69) is 41.6 Å². The fourth-order valence-electron chi connectivity index (χ4n) is 2.67. The van der Waals surface area contributed by atoms with Crippen LogP contribution in [0, 0.1) is 0 Å². The van der Waals surface area contributed by atoms with Crippen molar-refractivity contribution in [3.05, 3.63) is 71.0 Å². The molecule has 0 aliphatic rings. The normalized spacial score (nSPS) is 10.9.